The molecule has 0 aliphatic heterocycles. The highest BCUT2D eigenvalue weighted by molar-refractivity contribution is 6.34. The molecule has 0 bridgehead atoms. The van der Waals surface area contributed by atoms with Gasteiger partial charge in [-0.3, -0.25) is 0 Å². The van der Waals surface area contributed by atoms with Crippen LogP contribution in [0.15, 0.2) is 18.2 Å². The van der Waals surface area contributed by atoms with Crippen molar-refractivity contribution < 1.29 is 23.8 Å². The molecule has 0 heterocycles. The van der Waals surface area contributed by atoms with Crippen LogP contribution in [0.3, 0.4) is 0 Å². The summed E-state index contributed by atoms with van der Waals surface area (Å²) in [5.41, 5.74) is -0.291. The fourth-order valence-electron chi connectivity index (χ4n) is 1.17. The number of carboxylic acid groups (broad SMARTS) is 1. The second-order valence-corrected chi connectivity index (χ2v) is 3.74. The van der Waals surface area contributed by atoms with Gasteiger partial charge in [-0.25, -0.2) is 13.6 Å². The zero-order valence-corrected chi connectivity index (χ0v) is 9.34. The zero-order chi connectivity index (χ0) is 13.1. The van der Waals surface area contributed by atoms with Gasteiger partial charge in [0.1, 0.15) is 12.2 Å². The number of benzene rings is 1. The molecule has 3 N–H and O–H groups in total. The van der Waals surface area contributed by atoms with Crippen LogP contribution in [0.2, 0.25) is 5.02 Å². The maximum Gasteiger partial charge on any atom is 0.339 e. The van der Waals surface area contributed by atoms with E-state index in [1.807, 2.05) is 0 Å². The van der Waals surface area contributed by atoms with Gasteiger partial charge < -0.3 is 15.5 Å². The summed E-state index contributed by atoms with van der Waals surface area (Å²) in [7, 11) is 0. The lowest BCUT2D eigenvalue weighted by atomic mass is 10.1. The van der Waals surface area contributed by atoms with Crippen molar-refractivity contribution in [1.82, 2.24) is 0 Å². The van der Waals surface area contributed by atoms with E-state index in [1.165, 1.54) is 18.2 Å². The largest absolute Gasteiger partial charge is 0.478 e. The minimum atomic E-state index is -3.32. The van der Waals surface area contributed by atoms with Gasteiger partial charge >= 0.3 is 5.97 Å². The third-order valence-electron chi connectivity index (χ3n) is 2.00. The summed E-state index contributed by atoms with van der Waals surface area (Å²) in [4.78, 5) is 10.9. The number of rotatable bonds is 5. The Morgan fingerprint density at radius 1 is 1.47 bits per heavy atom. The topological polar surface area (TPSA) is 69.6 Å². The molecule has 0 atom stereocenters. The van der Waals surface area contributed by atoms with E-state index in [0.717, 1.165) is 0 Å². The Bertz CT molecular complexity index is 426. The van der Waals surface area contributed by atoms with E-state index < -0.39 is 25.0 Å². The molecular formula is C10H10ClF2NO3. The maximum absolute atomic E-state index is 12.8. The van der Waals surface area contributed by atoms with Crippen LogP contribution >= 0.6 is 11.6 Å². The first-order valence-corrected chi connectivity index (χ1v) is 4.99. The molecule has 0 spiro atoms. The van der Waals surface area contributed by atoms with Crippen molar-refractivity contribution in [2.24, 2.45) is 0 Å². The average molecular weight is 266 g/mol. The van der Waals surface area contributed by atoms with E-state index in [0.29, 0.717) is 0 Å². The summed E-state index contributed by atoms with van der Waals surface area (Å²) < 4.78 is 25.6. The van der Waals surface area contributed by atoms with Crippen molar-refractivity contribution >= 4 is 23.3 Å². The Labute approximate surface area is 101 Å². The fourth-order valence-corrected chi connectivity index (χ4v) is 1.42. The highest BCUT2D eigenvalue weighted by Gasteiger charge is 2.28. The molecule has 1 rings (SSSR count). The maximum atomic E-state index is 12.8. The number of hydrogen-bond donors (Lipinski definition) is 3. The number of nitrogens with one attached hydrogen (secondary N) is 1. The summed E-state index contributed by atoms with van der Waals surface area (Å²) in [5, 5.41) is 19.4. The molecule has 0 saturated carbocycles. The van der Waals surface area contributed by atoms with Gasteiger partial charge in [0.2, 0.25) is 0 Å². The van der Waals surface area contributed by atoms with Gasteiger partial charge in [-0.2, -0.15) is 0 Å². The van der Waals surface area contributed by atoms with E-state index in [1.54, 1.807) is 0 Å². The highest BCUT2D eigenvalue weighted by Crippen LogP contribution is 2.25. The van der Waals surface area contributed by atoms with E-state index in [9.17, 15) is 13.6 Å². The minimum absolute atomic E-state index is 0.0156. The number of alkyl halides is 2. The van der Waals surface area contributed by atoms with Gasteiger partial charge in [-0.05, 0) is 12.1 Å². The van der Waals surface area contributed by atoms with Crippen molar-refractivity contribution in [3.8, 4) is 0 Å². The van der Waals surface area contributed by atoms with Gasteiger partial charge in [0.05, 0.1) is 17.3 Å². The van der Waals surface area contributed by atoms with Gasteiger partial charge in [-0.1, -0.05) is 17.7 Å². The molecular weight excluding hydrogens is 256 g/mol. The number of hydrogen-bond acceptors (Lipinski definition) is 3. The summed E-state index contributed by atoms with van der Waals surface area (Å²) >= 11 is 5.65. The SMILES string of the molecule is O=C(O)c1c(Cl)cccc1NCC(F)(F)CO. The molecule has 0 radical (unpaired) electrons. The molecule has 17 heavy (non-hydrogen) atoms. The number of aliphatic hydroxyl groups is 1. The molecule has 0 aliphatic carbocycles. The molecule has 7 heteroatoms. The smallest absolute Gasteiger partial charge is 0.339 e. The Kier molecular flexibility index (Phi) is 4.25. The van der Waals surface area contributed by atoms with Crippen LogP contribution in [0, 0.1) is 0 Å². The number of halogens is 3. The number of carbonyl (C=O) groups is 1. The summed E-state index contributed by atoms with van der Waals surface area (Å²) in [6.45, 7) is -2.19. The Morgan fingerprint density at radius 2 is 2.12 bits per heavy atom. The third-order valence-corrected chi connectivity index (χ3v) is 2.31. The third kappa shape index (κ3) is 3.54. The molecule has 0 fully saturated rings. The van der Waals surface area contributed by atoms with Crippen LogP contribution in [0.25, 0.3) is 0 Å². The summed E-state index contributed by atoms with van der Waals surface area (Å²) in [6, 6.07) is 4.11. The lowest BCUT2D eigenvalue weighted by molar-refractivity contribution is -0.0373. The fraction of sp³-hybridized carbons (Fsp3) is 0.300. The van der Waals surface area contributed by atoms with Gasteiger partial charge in [0.15, 0.2) is 0 Å². The Hall–Kier alpha value is -1.40. The number of carboxylic acids is 1. The normalized spacial score (nSPS) is 11.3. The van der Waals surface area contributed by atoms with Crippen LogP contribution in [-0.2, 0) is 0 Å². The van der Waals surface area contributed by atoms with E-state index in [-0.39, 0.29) is 16.3 Å². The van der Waals surface area contributed by atoms with Crippen LogP contribution < -0.4 is 5.32 Å². The first-order chi connectivity index (χ1) is 7.87. The van der Waals surface area contributed by atoms with Gasteiger partial charge in [0, 0.05) is 0 Å². The number of aliphatic hydroxyl groups excluding tert-OH is 1. The lowest BCUT2D eigenvalue weighted by Gasteiger charge is -2.16. The number of anilines is 1. The second kappa shape index (κ2) is 5.29. The van der Waals surface area contributed by atoms with Gasteiger partial charge in [0.25, 0.3) is 5.92 Å². The lowest BCUT2D eigenvalue weighted by Crippen LogP contribution is -2.31. The first-order valence-electron chi connectivity index (χ1n) is 4.62. The van der Waals surface area contributed by atoms with Crippen molar-refractivity contribution in [3.05, 3.63) is 28.8 Å². The minimum Gasteiger partial charge on any atom is -0.478 e. The summed E-state index contributed by atoms with van der Waals surface area (Å²) in [5.74, 6) is -4.64. The molecule has 0 saturated heterocycles. The molecule has 1 aromatic carbocycles. The molecule has 0 unspecified atom stereocenters. The van der Waals surface area contributed by atoms with Gasteiger partial charge in [-0.15, -0.1) is 0 Å². The van der Waals surface area contributed by atoms with Crippen molar-refractivity contribution in [3.63, 3.8) is 0 Å². The van der Waals surface area contributed by atoms with Crippen LogP contribution in [0.5, 0.6) is 0 Å². The second-order valence-electron chi connectivity index (χ2n) is 3.34. The average Bonchev–Trinajstić information content (AvgIpc) is 2.26. The van der Waals surface area contributed by atoms with E-state index >= 15 is 0 Å². The Morgan fingerprint density at radius 3 is 2.65 bits per heavy atom. The standard InChI is InChI=1S/C10H10ClF2NO3/c11-6-2-1-3-7(8(6)9(16)17)14-4-10(12,13)5-15/h1-3,14-15H,4-5H2,(H,16,17). The van der Waals surface area contributed by atoms with Crippen LogP contribution in [0.1, 0.15) is 10.4 Å². The number of aromatic carboxylic acids is 1. The Balaban J connectivity index is 2.92. The van der Waals surface area contributed by atoms with Crippen molar-refractivity contribution in [1.29, 1.82) is 0 Å². The van der Waals surface area contributed by atoms with Crippen molar-refractivity contribution in [2.75, 3.05) is 18.5 Å². The molecule has 0 aromatic heterocycles. The molecule has 4 nitrogen and oxygen atoms in total. The van der Waals surface area contributed by atoms with E-state index in [4.69, 9.17) is 21.8 Å². The quantitative estimate of drug-likeness (QED) is 0.762. The van der Waals surface area contributed by atoms with Crippen LogP contribution in [-0.4, -0.2) is 35.3 Å². The molecule has 0 amide bonds. The monoisotopic (exact) mass is 265 g/mol. The van der Waals surface area contributed by atoms with E-state index in [2.05, 4.69) is 5.32 Å². The summed E-state index contributed by atoms with van der Waals surface area (Å²) in [6.07, 6.45) is 0. The predicted octanol–water partition coefficient (Wildman–Crippen LogP) is 2.08. The first kappa shape index (κ1) is 13.7. The molecule has 94 valence electrons. The molecule has 1 aromatic rings. The zero-order valence-electron chi connectivity index (χ0n) is 8.58. The van der Waals surface area contributed by atoms with Crippen molar-refractivity contribution in [2.45, 2.75) is 5.92 Å². The predicted molar refractivity (Wildman–Crippen MR) is 58.9 cm³/mol. The highest BCUT2D eigenvalue weighted by atomic mass is 35.5. The molecule has 0 aliphatic rings. The van der Waals surface area contributed by atoms with Crippen LogP contribution in [0.4, 0.5) is 14.5 Å².